The van der Waals surface area contributed by atoms with E-state index in [4.69, 9.17) is 4.74 Å². The summed E-state index contributed by atoms with van der Waals surface area (Å²) >= 11 is 0. The Kier molecular flexibility index (Phi) is 2.50. The van der Waals surface area contributed by atoms with Gasteiger partial charge in [0.2, 0.25) is 0 Å². The van der Waals surface area contributed by atoms with Gasteiger partial charge in [0, 0.05) is 6.07 Å². The van der Waals surface area contributed by atoms with Crippen LogP contribution in [0.15, 0.2) is 54.9 Å². The Balaban J connectivity index is 1.76. The van der Waals surface area contributed by atoms with Crippen LogP contribution in [0, 0.1) is 0 Å². The molecule has 0 atom stereocenters. The zero-order valence-electron chi connectivity index (χ0n) is 9.26. The van der Waals surface area contributed by atoms with Gasteiger partial charge in [-0.3, -0.25) is 0 Å². The molecular formula is C14H12N2O. The second kappa shape index (κ2) is 4.29. The van der Waals surface area contributed by atoms with E-state index < -0.39 is 0 Å². The second-order valence-electron chi connectivity index (χ2n) is 3.86. The average molecular weight is 224 g/mol. The number of hydrogen-bond donors (Lipinski definition) is 1. The summed E-state index contributed by atoms with van der Waals surface area (Å²) in [4.78, 5) is 7.23. The lowest BCUT2D eigenvalue weighted by Crippen LogP contribution is -1.94. The SMILES string of the molecule is c1ccc(COc2ccc3nc[nH]c3c2)cc1. The van der Waals surface area contributed by atoms with E-state index in [-0.39, 0.29) is 0 Å². The fraction of sp³-hybridized carbons (Fsp3) is 0.0714. The van der Waals surface area contributed by atoms with Crippen LogP contribution in [0.2, 0.25) is 0 Å². The molecule has 0 spiro atoms. The third kappa shape index (κ3) is 2.13. The molecule has 3 nitrogen and oxygen atoms in total. The number of fused-ring (bicyclic) bond motifs is 1. The zero-order chi connectivity index (χ0) is 11.5. The molecule has 1 N–H and O–H groups in total. The fourth-order valence-electron chi connectivity index (χ4n) is 1.75. The van der Waals surface area contributed by atoms with Gasteiger partial charge in [0.1, 0.15) is 12.4 Å². The number of nitrogens with zero attached hydrogens (tertiary/aromatic N) is 1. The van der Waals surface area contributed by atoms with Gasteiger partial charge in [-0.1, -0.05) is 30.3 Å². The maximum atomic E-state index is 5.72. The number of imidazole rings is 1. The highest BCUT2D eigenvalue weighted by Gasteiger charge is 1.99. The van der Waals surface area contributed by atoms with Crippen LogP contribution in [0.4, 0.5) is 0 Å². The molecule has 0 saturated heterocycles. The van der Waals surface area contributed by atoms with Crippen molar-refractivity contribution in [1.29, 1.82) is 0 Å². The van der Waals surface area contributed by atoms with Crippen LogP contribution in [0.1, 0.15) is 5.56 Å². The molecule has 0 amide bonds. The number of benzene rings is 2. The van der Waals surface area contributed by atoms with Gasteiger partial charge in [0.15, 0.2) is 0 Å². The molecule has 3 rings (SSSR count). The monoisotopic (exact) mass is 224 g/mol. The summed E-state index contributed by atoms with van der Waals surface area (Å²) in [6.07, 6.45) is 1.69. The minimum atomic E-state index is 0.584. The molecule has 0 aliphatic carbocycles. The standard InChI is InChI=1S/C14H12N2O/c1-2-4-11(5-3-1)9-17-12-6-7-13-14(8-12)16-10-15-13/h1-8,10H,9H2,(H,15,16). The molecule has 0 saturated carbocycles. The summed E-state index contributed by atoms with van der Waals surface area (Å²) < 4.78 is 5.72. The minimum Gasteiger partial charge on any atom is -0.489 e. The third-order valence-corrected chi connectivity index (χ3v) is 2.64. The summed E-state index contributed by atoms with van der Waals surface area (Å²) in [7, 11) is 0. The number of aromatic nitrogens is 2. The molecule has 17 heavy (non-hydrogen) atoms. The summed E-state index contributed by atoms with van der Waals surface area (Å²) in [6.45, 7) is 0.584. The van der Waals surface area contributed by atoms with E-state index in [9.17, 15) is 0 Å². The molecule has 0 unspecified atom stereocenters. The Morgan fingerprint density at radius 1 is 1.06 bits per heavy atom. The van der Waals surface area contributed by atoms with E-state index in [0.717, 1.165) is 22.3 Å². The highest BCUT2D eigenvalue weighted by molar-refractivity contribution is 5.75. The van der Waals surface area contributed by atoms with Gasteiger partial charge in [-0.05, 0) is 17.7 Å². The van der Waals surface area contributed by atoms with Crippen LogP contribution in [-0.4, -0.2) is 9.97 Å². The fourth-order valence-corrected chi connectivity index (χ4v) is 1.75. The van der Waals surface area contributed by atoms with E-state index in [1.807, 2.05) is 36.4 Å². The summed E-state index contributed by atoms with van der Waals surface area (Å²) in [5.41, 5.74) is 3.12. The van der Waals surface area contributed by atoms with E-state index in [2.05, 4.69) is 22.1 Å². The van der Waals surface area contributed by atoms with Crippen LogP contribution < -0.4 is 4.74 Å². The number of hydrogen-bond acceptors (Lipinski definition) is 2. The molecule has 3 aromatic rings. The van der Waals surface area contributed by atoms with E-state index in [1.54, 1.807) is 6.33 Å². The first-order chi connectivity index (χ1) is 8.42. The Labute approximate surface area is 99.1 Å². The lowest BCUT2D eigenvalue weighted by molar-refractivity contribution is 0.306. The molecule has 1 aromatic heterocycles. The first kappa shape index (κ1) is 9.90. The maximum absolute atomic E-state index is 5.72. The molecule has 0 aliphatic rings. The van der Waals surface area contributed by atoms with Crippen molar-refractivity contribution in [2.45, 2.75) is 6.61 Å². The van der Waals surface area contributed by atoms with Gasteiger partial charge in [0.25, 0.3) is 0 Å². The molecule has 0 fully saturated rings. The minimum absolute atomic E-state index is 0.584. The quantitative estimate of drug-likeness (QED) is 0.742. The Morgan fingerprint density at radius 2 is 1.94 bits per heavy atom. The molecule has 84 valence electrons. The summed E-state index contributed by atoms with van der Waals surface area (Å²) in [5.74, 6) is 0.852. The van der Waals surface area contributed by atoms with Crippen molar-refractivity contribution in [3.63, 3.8) is 0 Å². The van der Waals surface area contributed by atoms with Gasteiger partial charge < -0.3 is 9.72 Å². The van der Waals surface area contributed by atoms with E-state index in [0.29, 0.717) is 6.61 Å². The molecule has 2 aromatic carbocycles. The van der Waals surface area contributed by atoms with Crippen molar-refractivity contribution >= 4 is 11.0 Å². The Bertz CT molecular complexity index is 616. The van der Waals surface area contributed by atoms with Gasteiger partial charge >= 0.3 is 0 Å². The molecule has 3 heteroatoms. The molecule has 0 bridgehead atoms. The molecule has 1 heterocycles. The normalized spacial score (nSPS) is 10.6. The Hall–Kier alpha value is -2.29. The van der Waals surface area contributed by atoms with Crippen LogP contribution in [0.5, 0.6) is 5.75 Å². The number of nitrogens with one attached hydrogen (secondary N) is 1. The predicted molar refractivity (Wildman–Crippen MR) is 66.9 cm³/mol. The van der Waals surface area contributed by atoms with Gasteiger partial charge in [-0.2, -0.15) is 0 Å². The lowest BCUT2D eigenvalue weighted by Gasteiger charge is -2.05. The summed E-state index contributed by atoms with van der Waals surface area (Å²) in [5, 5.41) is 0. The van der Waals surface area contributed by atoms with Gasteiger partial charge in [0.05, 0.1) is 17.4 Å². The number of rotatable bonds is 3. The predicted octanol–water partition coefficient (Wildman–Crippen LogP) is 3.14. The summed E-state index contributed by atoms with van der Waals surface area (Å²) in [6, 6.07) is 16.0. The van der Waals surface area contributed by atoms with Crippen molar-refractivity contribution in [1.82, 2.24) is 9.97 Å². The van der Waals surface area contributed by atoms with E-state index in [1.165, 1.54) is 0 Å². The second-order valence-corrected chi connectivity index (χ2v) is 3.86. The van der Waals surface area contributed by atoms with Crippen molar-refractivity contribution in [2.24, 2.45) is 0 Å². The number of ether oxygens (including phenoxy) is 1. The van der Waals surface area contributed by atoms with Crippen LogP contribution in [-0.2, 0) is 6.61 Å². The van der Waals surface area contributed by atoms with Crippen molar-refractivity contribution in [3.8, 4) is 5.75 Å². The molecule has 0 aliphatic heterocycles. The smallest absolute Gasteiger partial charge is 0.122 e. The molecule has 0 radical (unpaired) electrons. The largest absolute Gasteiger partial charge is 0.489 e. The Morgan fingerprint density at radius 3 is 2.82 bits per heavy atom. The highest BCUT2D eigenvalue weighted by Crippen LogP contribution is 2.18. The van der Waals surface area contributed by atoms with Crippen molar-refractivity contribution in [3.05, 3.63) is 60.4 Å². The van der Waals surface area contributed by atoms with Crippen molar-refractivity contribution in [2.75, 3.05) is 0 Å². The van der Waals surface area contributed by atoms with Crippen LogP contribution in [0.3, 0.4) is 0 Å². The van der Waals surface area contributed by atoms with Crippen LogP contribution in [0.25, 0.3) is 11.0 Å². The van der Waals surface area contributed by atoms with Crippen LogP contribution >= 0.6 is 0 Å². The topological polar surface area (TPSA) is 37.9 Å². The lowest BCUT2D eigenvalue weighted by atomic mass is 10.2. The van der Waals surface area contributed by atoms with E-state index >= 15 is 0 Å². The number of H-pyrrole nitrogens is 1. The number of aromatic amines is 1. The zero-order valence-corrected chi connectivity index (χ0v) is 9.26. The first-order valence-corrected chi connectivity index (χ1v) is 5.52. The highest BCUT2D eigenvalue weighted by atomic mass is 16.5. The molecular weight excluding hydrogens is 212 g/mol. The maximum Gasteiger partial charge on any atom is 0.122 e. The van der Waals surface area contributed by atoms with Crippen molar-refractivity contribution < 1.29 is 4.74 Å². The van der Waals surface area contributed by atoms with Gasteiger partial charge in [-0.25, -0.2) is 4.98 Å². The average Bonchev–Trinajstić information content (AvgIpc) is 2.85. The first-order valence-electron chi connectivity index (χ1n) is 5.52. The third-order valence-electron chi connectivity index (χ3n) is 2.64. The van der Waals surface area contributed by atoms with Gasteiger partial charge in [-0.15, -0.1) is 0 Å².